The van der Waals surface area contributed by atoms with Crippen molar-refractivity contribution in [1.82, 2.24) is 5.43 Å². The van der Waals surface area contributed by atoms with E-state index in [1.165, 1.54) is 29.5 Å². The first kappa shape index (κ1) is 23.3. The van der Waals surface area contributed by atoms with Crippen LogP contribution in [0.2, 0.25) is 15.1 Å². The Labute approximate surface area is 202 Å². The van der Waals surface area contributed by atoms with Gasteiger partial charge in [0.1, 0.15) is 5.75 Å². The third kappa shape index (κ3) is 5.47. The van der Waals surface area contributed by atoms with Gasteiger partial charge in [-0.15, -0.1) is 11.3 Å². The molecule has 0 saturated heterocycles. The summed E-state index contributed by atoms with van der Waals surface area (Å²) in [6.07, 6.45) is 0. The molecule has 0 spiro atoms. The van der Waals surface area contributed by atoms with Crippen LogP contribution in [0.5, 0.6) is 5.75 Å². The Morgan fingerprint density at radius 3 is 2.48 bits per heavy atom. The van der Waals surface area contributed by atoms with Crippen LogP contribution in [0.4, 0.5) is 5.69 Å². The molecule has 0 aliphatic carbocycles. The fourth-order valence-corrected chi connectivity index (χ4v) is 4.62. The van der Waals surface area contributed by atoms with Crippen LogP contribution in [0.3, 0.4) is 0 Å². The average molecular weight is 515 g/mol. The number of thiophene rings is 1. The maximum Gasteiger partial charge on any atom is 0.337 e. The zero-order valence-electron chi connectivity index (χ0n) is 15.7. The highest BCUT2D eigenvalue weighted by atomic mass is 35.5. The summed E-state index contributed by atoms with van der Waals surface area (Å²) in [6.45, 7) is 1.71. The Hall–Kier alpha value is -2.36. The Kier molecular flexibility index (Phi) is 7.40. The molecule has 11 heteroatoms. The minimum Gasteiger partial charge on any atom is -0.506 e. The number of rotatable bonds is 5. The zero-order valence-corrected chi connectivity index (χ0v) is 19.6. The van der Waals surface area contributed by atoms with Crippen molar-refractivity contribution < 1.29 is 15.0 Å². The molecule has 0 aliphatic heterocycles. The lowest BCUT2D eigenvalue weighted by Gasteiger charge is -2.09. The monoisotopic (exact) mass is 513 g/mol. The van der Waals surface area contributed by atoms with Gasteiger partial charge in [-0.3, -0.25) is 5.43 Å². The Balaban J connectivity index is 1.72. The molecule has 1 aromatic heterocycles. The van der Waals surface area contributed by atoms with Crippen LogP contribution in [-0.2, 0) is 0 Å². The first-order valence-corrected chi connectivity index (χ1v) is 11.0. The summed E-state index contributed by atoms with van der Waals surface area (Å²) in [6, 6.07) is 9.40. The molecular formula is C20H14Cl3N3O3S2. The van der Waals surface area contributed by atoms with Crippen molar-refractivity contribution in [2.24, 2.45) is 5.10 Å². The van der Waals surface area contributed by atoms with Gasteiger partial charge < -0.3 is 15.5 Å². The van der Waals surface area contributed by atoms with Crippen LogP contribution in [-0.4, -0.2) is 27.0 Å². The molecule has 0 fully saturated rings. The van der Waals surface area contributed by atoms with Gasteiger partial charge in [0, 0.05) is 21.7 Å². The topological polar surface area (TPSA) is 94.0 Å². The Morgan fingerprint density at radius 2 is 1.84 bits per heavy atom. The Bertz CT molecular complexity index is 1210. The van der Waals surface area contributed by atoms with Crippen LogP contribution in [0.1, 0.15) is 22.8 Å². The minimum absolute atomic E-state index is 0.00973. The highest BCUT2D eigenvalue weighted by molar-refractivity contribution is 7.80. The first-order valence-electron chi connectivity index (χ1n) is 8.57. The van der Waals surface area contributed by atoms with Gasteiger partial charge in [-0.05, 0) is 49.5 Å². The van der Waals surface area contributed by atoms with E-state index >= 15 is 0 Å². The predicted octanol–water partition coefficient (Wildman–Crippen LogP) is 6.49. The van der Waals surface area contributed by atoms with Crippen molar-refractivity contribution in [2.45, 2.75) is 6.92 Å². The van der Waals surface area contributed by atoms with Crippen LogP contribution in [0, 0.1) is 0 Å². The van der Waals surface area contributed by atoms with Gasteiger partial charge in [0.2, 0.25) is 0 Å². The SMILES string of the molecule is C/C(=N\NC(=S)Nc1ccc(C(=O)O)c(Cl)c1)c1csc(-c2ccc(Cl)cc2Cl)c1O. The molecule has 4 N–H and O–H groups in total. The van der Waals surface area contributed by atoms with E-state index in [0.29, 0.717) is 37.4 Å². The van der Waals surface area contributed by atoms with Gasteiger partial charge in [-0.25, -0.2) is 4.79 Å². The van der Waals surface area contributed by atoms with E-state index in [1.54, 1.807) is 30.5 Å². The number of carboxylic acids is 1. The second-order valence-electron chi connectivity index (χ2n) is 6.21. The molecule has 31 heavy (non-hydrogen) atoms. The average Bonchev–Trinajstić information content (AvgIpc) is 3.07. The highest BCUT2D eigenvalue weighted by Gasteiger charge is 2.17. The maximum atomic E-state index is 11.0. The molecule has 0 unspecified atom stereocenters. The van der Waals surface area contributed by atoms with Crippen molar-refractivity contribution in [3.05, 3.63) is 68.0 Å². The largest absolute Gasteiger partial charge is 0.506 e. The molecule has 6 nitrogen and oxygen atoms in total. The van der Waals surface area contributed by atoms with E-state index in [1.807, 2.05) is 0 Å². The fraction of sp³-hybridized carbons (Fsp3) is 0.0500. The fourth-order valence-electron chi connectivity index (χ4n) is 2.59. The number of carboxylic acid groups (broad SMARTS) is 1. The standard InChI is InChI=1S/C20H14Cl3N3O3S2/c1-9(14-8-31-18(17(14)27)12-4-2-10(21)6-15(12)22)25-26-20(30)24-11-3-5-13(19(28)29)16(23)7-11/h2-8,27H,1H3,(H,28,29)(H2,24,26,30)/b25-9+. The lowest BCUT2D eigenvalue weighted by atomic mass is 10.1. The second-order valence-corrected chi connectivity index (χ2v) is 8.75. The van der Waals surface area contributed by atoms with E-state index in [0.717, 1.165) is 0 Å². The van der Waals surface area contributed by atoms with E-state index in [-0.39, 0.29) is 21.4 Å². The smallest absolute Gasteiger partial charge is 0.337 e. The number of thiocarbonyl (C=S) groups is 1. The van der Waals surface area contributed by atoms with Crippen LogP contribution in [0.15, 0.2) is 46.9 Å². The quantitative estimate of drug-likeness (QED) is 0.177. The molecule has 0 saturated carbocycles. The number of halogens is 3. The molecule has 0 aliphatic rings. The van der Waals surface area contributed by atoms with Gasteiger partial charge in [0.05, 0.1) is 31.8 Å². The molecular weight excluding hydrogens is 501 g/mol. The van der Waals surface area contributed by atoms with Crippen molar-refractivity contribution >= 4 is 80.8 Å². The minimum atomic E-state index is -1.12. The number of hydrazone groups is 1. The summed E-state index contributed by atoms with van der Waals surface area (Å²) >= 11 is 24.7. The molecule has 3 rings (SSSR count). The Morgan fingerprint density at radius 1 is 1.10 bits per heavy atom. The van der Waals surface area contributed by atoms with Crippen LogP contribution in [0.25, 0.3) is 10.4 Å². The summed E-state index contributed by atoms with van der Waals surface area (Å²) < 4.78 is 0. The number of aromatic hydroxyl groups is 1. The molecule has 160 valence electrons. The molecule has 0 bridgehead atoms. The lowest BCUT2D eigenvalue weighted by Crippen LogP contribution is -2.25. The van der Waals surface area contributed by atoms with E-state index in [9.17, 15) is 9.90 Å². The molecule has 1 heterocycles. The summed E-state index contributed by atoms with van der Waals surface area (Å²) in [4.78, 5) is 11.6. The second kappa shape index (κ2) is 9.84. The van der Waals surface area contributed by atoms with Crippen LogP contribution < -0.4 is 10.7 Å². The number of anilines is 1. The summed E-state index contributed by atoms with van der Waals surface area (Å²) in [5, 5.41) is 29.7. The normalized spacial score (nSPS) is 11.3. The third-order valence-corrected chi connectivity index (χ3v) is 6.17. The van der Waals surface area contributed by atoms with Gasteiger partial charge in [0.15, 0.2) is 5.11 Å². The number of nitrogens with one attached hydrogen (secondary N) is 2. The number of carbonyl (C=O) groups is 1. The number of aromatic carboxylic acids is 1. The van der Waals surface area contributed by atoms with Crippen molar-refractivity contribution in [3.63, 3.8) is 0 Å². The number of nitrogens with zero attached hydrogens (tertiary/aromatic N) is 1. The first-order chi connectivity index (χ1) is 14.7. The number of benzene rings is 2. The van der Waals surface area contributed by atoms with Gasteiger partial charge in [0.25, 0.3) is 0 Å². The zero-order chi connectivity index (χ0) is 22.7. The molecule has 0 radical (unpaired) electrons. The van der Waals surface area contributed by atoms with Crippen molar-refractivity contribution in [3.8, 4) is 16.2 Å². The van der Waals surface area contributed by atoms with Crippen molar-refractivity contribution in [1.29, 1.82) is 0 Å². The van der Waals surface area contributed by atoms with Crippen LogP contribution >= 0.6 is 58.4 Å². The summed E-state index contributed by atoms with van der Waals surface area (Å²) in [5.41, 5.74) is 4.85. The van der Waals surface area contributed by atoms with E-state index in [2.05, 4.69) is 15.8 Å². The number of hydrogen-bond donors (Lipinski definition) is 4. The highest BCUT2D eigenvalue weighted by Crippen LogP contribution is 2.42. The summed E-state index contributed by atoms with van der Waals surface area (Å²) in [7, 11) is 0. The molecule has 0 amide bonds. The van der Waals surface area contributed by atoms with Gasteiger partial charge in [-0.1, -0.05) is 40.9 Å². The maximum absolute atomic E-state index is 11.0. The van der Waals surface area contributed by atoms with Crippen molar-refractivity contribution in [2.75, 3.05) is 5.32 Å². The third-order valence-electron chi connectivity index (χ3n) is 4.11. The molecule has 3 aromatic rings. The lowest BCUT2D eigenvalue weighted by molar-refractivity contribution is 0.0697. The van der Waals surface area contributed by atoms with E-state index < -0.39 is 5.97 Å². The van der Waals surface area contributed by atoms with E-state index in [4.69, 9.17) is 52.1 Å². The molecule has 2 aromatic carbocycles. The van der Waals surface area contributed by atoms with Gasteiger partial charge >= 0.3 is 5.97 Å². The molecule has 0 atom stereocenters. The number of hydrogen-bond acceptors (Lipinski definition) is 5. The summed E-state index contributed by atoms with van der Waals surface area (Å²) in [5.74, 6) is -1.07. The van der Waals surface area contributed by atoms with Gasteiger partial charge in [-0.2, -0.15) is 5.10 Å². The predicted molar refractivity (Wildman–Crippen MR) is 131 cm³/mol.